The lowest BCUT2D eigenvalue weighted by molar-refractivity contribution is -0.00565. The molecular weight excluding hydrogens is 290 g/mol. The summed E-state index contributed by atoms with van der Waals surface area (Å²) in [7, 11) is 0. The molecule has 1 amide bonds. The van der Waals surface area contributed by atoms with Crippen molar-refractivity contribution in [1.29, 1.82) is 0 Å². The summed E-state index contributed by atoms with van der Waals surface area (Å²) in [5, 5.41) is 9.72. The lowest BCUT2D eigenvalue weighted by Gasteiger charge is -2.40. The van der Waals surface area contributed by atoms with Crippen molar-refractivity contribution in [3.05, 3.63) is 35.4 Å². The van der Waals surface area contributed by atoms with Crippen LogP contribution in [0.1, 0.15) is 51.7 Å². The molecule has 4 nitrogen and oxygen atoms in total. The number of carbonyl (C=O) groups excluding carboxylic acids is 1. The first-order valence-corrected chi connectivity index (χ1v) is 8.54. The predicted octanol–water partition coefficient (Wildman–Crippen LogP) is 3.55. The Morgan fingerprint density at radius 1 is 1.35 bits per heavy atom. The van der Waals surface area contributed by atoms with Crippen LogP contribution in [0.3, 0.4) is 0 Å². The van der Waals surface area contributed by atoms with Gasteiger partial charge in [0.25, 0.3) is 0 Å². The van der Waals surface area contributed by atoms with E-state index in [0.717, 1.165) is 19.3 Å². The highest BCUT2D eigenvalue weighted by Gasteiger charge is 2.34. The van der Waals surface area contributed by atoms with Gasteiger partial charge in [-0.3, -0.25) is 4.90 Å². The van der Waals surface area contributed by atoms with Crippen LogP contribution in [0.15, 0.2) is 24.3 Å². The first-order valence-electron chi connectivity index (χ1n) is 8.54. The molecule has 0 fully saturated rings. The van der Waals surface area contributed by atoms with E-state index in [2.05, 4.69) is 18.2 Å². The monoisotopic (exact) mass is 319 g/mol. The van der Waals surface area contributed by atoms with E-state index in [1.165, 1.54) is 11.1 Å². The second-order valence-electron chi connectivity index (χ2n) is 7.30. The summed E-state index contributed by atoms with van der Waals surface area (Å²) in [6, 6.07) is 8.29. The number of carbonyl (C=O) groups is 1. The van der Waals surface area contributed by atoms with Gasteiger partial charge in [-0.25, -0.2) is 4.79 Å². The Morgan fingerprint density at radius 3 is 2.57 bits per heavy atom. The highest BCUT2D eigenvalue weighted by atomic mass is 16.6. The Kier molecular flexibility index (Phi) is 5.69. The second kappa shape index (κ2) is 7.35. The zero-order valence-electron chi connectivity index (χ0n) is 14.7. The minimum Gasteiger partial charge on any atom is -0.444 e. The van der Waals surface area contributed by atoms with Crippen LogP contribution >= 0.6 is 0 Å². The highest BCUT2D eigenvalue weighted by Crippen LogP contribution is 2.27. The Bertz CT molecular complexity index is 532. The topological polar surface area (TPSA) is 49.8 Å². The predicted molar refractivity (Wildman–Crippen MR) is 91.5 cm³/mol. The number of amides is 1. The third-order valence-corrected chi connectivity index (χ3v) is 4.39. The van der Waals surface area contributed by atoms with Crippen molar-refractivity contribution in [2.75, 3.05) is 6.61 Å². The molecule has 0 aliphatic heterocycles. The van der Waals surface area contributed by atoms with Gasteiger partial charge < -0.3 is 9.84 Å². The van der Waals surface area contributed by atoms with Gasteiger partial charge in [0.05, 0.1) is 12.6 Å². The first kappa shape index (κ1) is 17.8. The van der Waals surface area contributed by atoms with Crippen LogP contribution in [-0.4, -0.2) is 40.4 Å². The lowest BCUT2D eigenvalue weighted by Crippen LogP contribution is -2.52. The average Bonchev–Trinajstić information content (AvgIpc) is 2.50. The Labute approximate surface area is 139 Å². The molecule has 2 rings (SSSR count). The van der Waals surface area contributed by atoms with Crippen molar-refractivity contribution in [1.82, 2.24) is 4.90 Å². The molecule has 1 unspecified atom stereocenters. The van der Waals surface area contributed by atoms with Gasteiger partial charge in [0.15, 0.2) is 0 Å². The number of benzene rings is 1. The van der Waals surface area contributed by atoms with Crippen molar-refractivity contribution >= 4 is 6.09 Å². The molecule has 2 atom stereocenters. The summed E-state index contributed by atoms with van der Waals surface area (Å²) in [5.74, 6) is 0. The third-order valence-electron chi connectivity index (χ3n) is 4.39. The number of aliphatic hydroxyl groups excluding tert-OH is 1. The van der Waals surface area contributed by atoms with E-state index in [4.69, 9.17) is 4.74 Å². The van der Waals surface area contributed by atoms with Crippen LogP contribution < -0.4 is 0 Å². The largest absolute Gasteiger partial charge is 0.444 e. The molecule has 0 heterocycles. The quantitative estimate of drug-likeness (QED) is 0.923. The van der Waals surface area contributed by atoms with Crippen LogP contribution in [0.2, 0.25) is 0 Å². The van der Waals surface area contributed by atoms with Crippen LogP contribution in [0.5, 0.6) is 0 Å². The van der Waals surface area contributed by atoms with E-state index < -0.39 is 5.60 Å². The number of aryl methyl sites for hydroxylation is 1. The van der Waals surface area contributed by atoms with Gasteiger partial charge in [-0.15, -0.1) is 0 Å². The van der Waals surface area contributed by atoms with Crippen molar-refractivity contribution < 1.29 is 14.6 Å². The van der Waals surface area contributed by atoms with E-state index in [0.29, 0.717) is 6.42 Å². The van der Waals surface area contributed by atoms with Crippen LogP contribution in [0.4, 0.5) is 4.79 Å². The van der Waals surface area contributed by atoms with E-state index in [1.807, 2.05) is 33.8 Å². The normalized spacial score (nSPS) is 18.9. The van der Waals surface area contributed by atoms with E-state index in [1.54, 1.807) is 4.90 Å². The molecule has 23 heavy (non-hydrogen) atoms. The molecule has 1 aromatic rings. The van der Waals surface area contributed by atoms with Gasteiger partial charge in [-0.2, -0.15) is 0 Å². The van der Waals surface area contributed by atoms with Crippen LogP contribution in [-0.2, 0) is 17.6 Å². The van der Waals surface area contributed by atoms with Crippen molar-refractivity contribution in [3.8, 4) is 0 Å². The molecule has 0 saturated carbocycles. The molecule has 1 aromatic carbocycles. The molecule has 1 aliphatic rings. The van der Waals surface area contributed by atoms with Gasteiger partial charge in [-0.05, 0) is 57.6 Å². The molecule has 4 heteroatoms. The smallest absolute Gasteiger partial charge is 0.410 e. The maximum absolute atomic E-state index is 12.7. The first-order chi connectivity index (χ1) is 10.9. The van der Waals surface area contributed by atoms with Gasteiger partial charge >= 0.3 is 6.09 Å². The van der Waals surface area contributed by atoms with Crippen LogP contribution in [0.25, 0.3) is 0 Å². The second-order valence-corrected chi connectivity index (χ2v) is 7.30. The van der Waals surface area contributed by atoms with Crippen molar-refractivity contribution in [2.45, 2.75) is 71.1 Å². The summed E-state index contributed by atoms with van der Waals surface area (Å²) in [5.41, 5.74) is 2.13. The van der Waals surface area contributed by atoms with Crippen LogP contribution in [0, 0.1) is 0 Å². The van der Waals surface area contributed by atoms with Gasteiger partial charge in [0.2, 0.25) is 0 Å². The summed E-state index contributed by atoms with van der Waals surface area (Å²) in [4.78, 5) is 14.5. The fraction of sp³-hybridized carbons (Fsp3) is 0.632. The number of hydrogen-bond acceptors (Lipinski definition) is 3. The number of aliphatic hydroxyl groups is 1. The Hall–Kier alpha value is -1.55. The lowest BCUT2D eigenvalue weighted by atomic mass is 9.87. The molecule has 1 N–H and O–H groups in total. The molecule has 0 spiro atoms. The summed E-state index contributed by atoms with van der Waals surface area (Å²) in [6.45, 7) is 7.58. The van der Waals surface area contributed by atoms with Gasteiger partial charge in [0.1, 0.15) is 5.60 Å². The zero-order valence-corrected chi connectivity index (χ0v) is 14.7. The van der Waals surface area contributed by atoms with E-state index >= 15 is 0 Å². The van der Waals surface area contributed by atoms with E-state index in [9.17, 15) is 9.90 Å². The number of ether oxygens (including phenoxy) is 1. The summed E-state index contributed by atoms with van der Waals surface area (Å²) in [6.07, 6.45) is 3.09. The maximum atomic E-state index is 12.7. The summed E-state index contributed by atoms with van der Waals surface area (Å²) >= 11 is 0. The Balaban J connectivity index is 2.22. The highest BCUT2D eigenvalue weighted by molar-refractivity contribution is 5.69. The molecule has 128 valence electrons. The maximum Gasteiger partial charge on any atom is 0.410 e. The van der Waals surface area contributed by atoms with E-state index in [-0.39, 0.29) is 24.8 Å². The van der Waals surface area contributed by atoms with Gasteiger partial charge in [0, 0.05) is 6.04 Å². The zero-order chi connectivity index (χ0) is 17.0. The standard InChI is InChI=1S/C19H29NO3/c1-5-16(13-21)20(18(22)23-19(2,3)4)17-11-10-14-8-6-7-9-15(14)12-17/h6-9,16-17,21H,5,10-13H2,1-4H3/t16-,17?/m0/s1. The Morgan fingerprint density at radius 2 is 2.00 bits per heavy atom. The summed E-state index contributed by atoms with van der Waals surface area (Å²) < 4.78 is 5.60. The molecule has 0 bridgehead atoms. The third kappa shape index (κ3) is 4.47. The minimum atomic E-state index is -0.532. The number of nitrogens with zero attached hydrogens (tertiary/aromatic N) is 1. The van der Waals surface area contributed by atoms with Gasteiger partial charge in [-0.1, -0.05) is 31.2 Å². The number of fused-ring (bicyclic) bond motifs is 1. The average molecular weight is 319 g/mol. The number of rotatable bonds is 4. The molecule has 0 radical (unpaired) electrons. The van der Waals surface area contributed by atoms with Crippen molar-refractivity contribution in [2.24, 2.45) is 0 Å². The molecular formula is C19H29NO3. The fourth-order valence-corrected chi connectivity index (χ4v) is 3.24. The minimum absolute atomic E-state index is 0.0338. The SMILES string of the molecule is CC[C@@H](CO)N(C(=O)OC(C)(C)C)C1CCc2ccccc2C1. The van der Waals surface area contributed by atoms with Crippen molar-refractivity contribution in [3.63, 3.8) is 0 Å². The molecule has 0 saturated heterocycles. The molecule has 1 aliphatic carbocycles. The molecule has 0 aromatic heterocycles. The fourth-order valence-electron chi connectivity index (χ4n) is 3.24. The number of hydrogen-bond donors (Lipinski definition) is 1.